The second-order valence-electron chi connectivity index (χ2n) is 6.67. The summed E-state index contributed by atoms with van der Waals surface area (Å²) in [7, 11) is -3.65. The highest BCUT2D eigenvalue weighted by Gasteiger charge is 2.17. The zero-order valence-corrected chi connectivity index (χ0v) is 18.0. The summed E-state index contributed by atoms with van der Waals surface area (Å²) in [6.07, 6.45) is 0. The number of hydrogen-bond donors (Lipinski definition) is 2. The van der Waals surface area contributed by atoms with E-state index in [1.54, 1.807) is 43.0 Å². The van der Waals surface area contributed by atoms with Gasteiger partial charge in [-0.3, -0.25) is 9.59 Å². The highest BCUT2D eigenvalue weighted by Crippen LogP contribution is 2.19. The molecule has 0 aliphatic carbocycles. The van der Waals surface area contributed by atoms with E-state index in [0.29, 0.717) is 24.3 Å². The summed E-state index contributed by atoms with van der Waals surface area (Å²) in [6, 6.07) is 11.7. The molecule has 0 radical (unpaired) electrons. The van der Waals surface area contributed by atoms with Crippen molar-refractivity contribution in [2.75, 3.05) is 18.4 Å². The third kappa shape index (κ3) is 5.88. The lowest BCUT2D eigenvalue weighted by molar-refractivity contribution is -0.129. The van der Waals surface area contributed by atoms with E-state index in [0.717, 1.165) is 5.56 Å². The first kappa shape index (κ1) is 22.6. The normalized spacial score (nSPS) is 11.2. The van der Waals surface area contributed by atoms with Crippen LogP contribution in [0.1, 0.15) is 42.3 Å². The Kier molecular flexibility index (Phi) is 7.53. The molecule has 0 fully saturated rings. The van der Waals surface area contributed by atoms with Crippen molar-refractivity contribution in [2.45, 2.75) is 39.1 Å². The molecule has 0 bridgehead atoms. The summed E-state index contributed by atoms with van der Waals surface area (Å²) >= 11 is 0. The van der Waals surface area contributed by atoms with Gasteiger partial charge in [-0.1, -0.05) is 25.1 Å². The molecule has 156 valence electrons. The quantitative estimate of drug-likeness (QED) is 0.690. The molecule has 0 spiro atoms. The summed E-state index contributed by atoms with van der Waals surface area (Å²) in [5, 5.41) is 2.81. The number of aryl methyl sites for hydroxylation is 1. The maximum absolute atomic E-state index is 12.8. The van der Waals surface area contributed by atoms with Crippen molar-refractivity contribution in [1.82, 2.24) is 9.62 Å². The SMILES string of the molecule is CCNS(=O)(=O)c1ccc(C)c(C(=O)Nc2cccc(CN(CC)C(C)=O)c2)c1. The fraction of sp³-hybridized carbons (Fsp3) is 0.333. The Hall–Kier alpha value is -2.71. The summed E-state index contributed by atoms with van der Waals surface area (Å²) in [4.78, 5) is 26.1. The Labute approximate surface area is 172 Å². The smallest absolute Gasteiger partial charge is 0.255 e. The van der Waals surface area contributed by atoms with Crippen LogP contribution in [0.15, 0.2) is 47.4 Å². The van der Waals surface area contributed by atoms with Crippen LogP contribution >= 0.6 is 0 Å². The van der Waals surface area contributed by atoms with E-state index in [9.17, 15) is 18.0 Å². The van der Waals surface area contributed by atoms with Gasteiger partial charge >= 0.3 is 0 Å². The van der Waals surface area contributed by atoms with Crippen molar-refractivity contribution >= 4 is 27.5 Å². The van der Waals surface area contributed by atoms with Gasteiger partial charge in [0.25, 0.3) is 5.91 Å². The molecule has 0 saturated heterocycles. The molecule has 0 saturated carbocycles. The predicted molar refractivity (Wildman–Crippen MR) is 113 cm³/mol. The van der Waals surface area contributed by atoms with E-state index in [2.05, 4.69) is 10.0 Å². The molecule has 0 aliphatic rings. The van der Waals surface area contributed by atoms with Crippen LogP contribution in [0.4, 0.5) is 5.69 Å². The van der Waals surface area contributed by atoms with Crippen LogP contribution in [0, 0.1) is 6.92 Å². The van der Waals surface area contributed by atoms with Gasteiger partial charge in [-0.15, -0.1) is 0 Å². The minimum absolute atomic E-state index is 0.0173. The molecule has 2 amide bonds. The molecular formula is C21H27N3O4S. The number of amides is 2. The molecule has 8 heteroatoms. The Bertz CT molecular complexity index is 1000. The Morgan fingerprint density at radius 2 is 1.79 bits per heavy atom. The average Bonchev–Trinajstić information content (AvgIpc) is 2.66. The van der Waals surface area contributed by atoms with Crippen molar-refractivity contribution < 1.29 is 18.0 Å². The van der Waals surface area contributed by atoms with Crippen LogP contribution in [0.25, 0.3) is 0 Å². The fourth-order valence-corrected chi connectivity index (χ4v) is 3.97. The number of hydrogen-bond acceptors (Lipinski definition) is 4. The van der Waals surface area contributed by atoms with E-state index >= 15 is 0 Å². The van der Waals surface area contributed by atoms with Crippen LogP contribution in [-0.4, -0.2) is 38.2 Å². The third-order valence-electron chi connectivity index (χ3n) is 4.48. The summed E-state index contributed by atoms with van der Waals surface area (Å²) in [5.41, 5.74) is 2.42. The Morgan fingerprint density at radius 1 is 1.07 bits per heavy atom. The number of carbonyl (C=O) groups is 2. The lowest BCUT2D eigenvalue weighted by atomic mass is 10.1. The Morgan fingerprint density at radius 3 is 2.41 bits per heavy atom. The molecular weight excluding hydrogens is 390 g/mol. The minimum Gasteiger partial charge on any atom is -0.339 e. The molecule has 0 heterocycles. The van der Waals surface area contributed by atoms with Crippen LogP contribution in [-0.2, 0) is 21.4 Å². The maximum atomic E-state index is 12.8. The molecule has 2 aromatic carbocycles. The van der Waals surface area contributed by atoms with E-state index in [1.807, 2.05) is 13.0 Å². The first-order valence-corrected chi connectivity index (χ1v) is 10.9. The monoisotopic (exact) mass is 417 g/mol. The lowest BCUT2D eigenvalue weighted by Gasteiger charge is -2.19. The predicted octanol–water partition coefficient (Wildman–Crippen LogP) is 2.91. The van der Waals surface area contributed by atoms with Gasteiger partial charge in [0.15, 0.2) is 0 Å². The first-order valence-electron chi connectivity index (χ1n) is 9.44. The number of anilines is 1. The van der Waals surface area contributed by atoms with Crippen LogP contribution in [0.3, 0.4) is 0 Å². The van der Waals surface area contributed by atoms with Gasteiger partial charge in [-0.25, -0.2) is 13.1 Å². The van der Waals surface area contributed by atoms with E-state index in [1.165, 1.54) is 19.1 Å². The van der Waals surface area contributed by atoms with Crippen LogP contribution in [0.2, 0.25) is 0 Å². The Balaban J connectivity index is 2.25. The molecule has 2 N–H and O–H groups in total. The van der Waals surface area contributed by atoms with Crippen molar-refractivity contribution in [3.63, 3.8) is 0 Å². The van der Waals surface area contributed by atoms with Gasteiger partial charge in [0, 0.05) is 37.8 Å². The number of nitrogens with one attached hydrogen (secondary N) is 2. The number of carbonyl (C=O) groups excluding carboxylic acids is 2. The van der Waals surface area contributed by atoms with E-state index in [-0.39, 0.29) is 22.9 Å². The number of nitrogens with zero attached hydrogens (tertiary/aromatic N) is 1. The maximum Gasteiger partial charge on any atom is 0.255 e. The fourth-order valence-electron chi connectivity index (χ4n) is 2.90. The van der Waals surface area contributed by atoms with Gasteiger partial charge < -0.3 is 10.2 Å². The summed E-state index contributed by atoms with van der Waals surface area (Å²) in [6.45, 7) is 8.18. The molecule has 0 aliphatic heterocycles. The van der Waals surface area contributed by atoms with Gasteiger partial charge in [0.1, 0.15) is 0 Å². The highest BCUT2D eigenvalue weighted by molar-refractivity contribution is 7.89. The standard InChI is InChI=1S/C21H27N3O4S/c1-5-22-29(27,28)19-11-10-15(3)20(13-19)21(26)23-18-9-7-8-17(12-18)14-24(6-2)16(4)25/h7-13,22H,5-6,14H2,1-4H3,(H,23,26). The topological polar surface area (TPSA) is 95.6 Å². The van der Waals surface area contributed by atoms with Crippen molar-refractivity contribution in [2.24, 2.45) is 0 Å². The summed E-state index contributed by atoms with van der Waals surface area (Å²) in [5.74, 6) is -0.414. The van der Waals surface area contributed by atoms with Crippen molar-refractivity contribution in [3.8, 4) is 0 Å². The number of rotatable bonds is 8. The molecule has 0 atom stereocenters. The van der Waals surface area contributed by atoms with Crippen LogP contribution < -0.4 is 10.0 Å². The van der Waals surface area contributed by atoms with Gasteiger partial charge in [-0.2, -0.15) is 0 Å². The first-order chi connectivity index (χ1) is 13.7. The third-order valence-corrected chi connectivity index (χ3v) is 6.03. The number of sulfonamides is 1. The van der Waals surface area contributed by atoms with Gasteiger partial charge in [0.2, 0.25) is 15.9 Å². The lowest BCUT2D eigenvalue weighted by Crippen LogP contribution is -2.27. The molecule has 7 nitrogen and oxygen atoms in total. The minimum atomic E-state index is -3.65. The molecule has 2 rings (SSSR count). The largest absolute Gasteiger partial charge is 0.339 e. The second-order valence-corrected chi connectivity index (χ2v) is 8.43. The zero-order valence-electron chi connectivity index (χ0n) is 17.2. The molecule has 0 aromatic heterocycles. The van der Waals surface area contributed by atoms with Gasteiger partial charge in [0.05, 0.1) is 4.90 Å². The van der Waals surface area contributed by atoms with Crippen molar-refractivity contribution in [3.05, 3.63) is 59.2 Å². The van der Waals surface area contributed by atoms with E-state index < -0.39 is 15.9 Å². The van der Waals surface area contributed by atoms with Crippen LogP contribution in [0.5, 0.6) is 0 Å². The summed E-state index contributed by atoms with van der Waals surface area (Å²) < 4.78 is 26.9. The molecule has 29 heavy (non-hydrogen) atoms. The van der Waals surface area contributed by atoms with Gasteiger partial charge in [-0.05, 0) is 49.2 Å². The number of benzene rings is 2. The average molecular weight is 418 g/mol. The second kappa shape index (κ2) is 9.67. The molecule has 2 aromatic rings. The van der Waals surface area contributed by atoms with E-state index in [4.69, 9.17) is 0 Å². The highest BCUT2D eigenvalue weighted by atomic mass is 32.2. The zero-order chi connectivity index (χ0) is 21.6. The molecule has 0 unspecified atom stereocenters. The van der Waals surface area contributed by atoms with Crippen molar-refractivity contribution in [1.29, 1.82) is 0 Å².